The smallest absolute Gasteiger partial charge is 0.266 e. The number of nitrogens with one attached hydrogen (secondary N) is 1. The summed E-state index contributed by atoms with van der Waals surface area (Å²) in [5.41, 5.74) is 1.30. The molecule has 1 N–H and O–H groups in total. The fourth-order valence-electron chi connectivity index (χ4n) is 3.10. The van der Waals surface area contributed by atoms with Gasteiger partial charge in [-0.15, -0.1) is 11.3 Å². The molecule has 33 heavy (non-hydrogen) atoms. The lowest BCUT2D eigenvalue weighted by Gasteiger charge is -2.13. The third-order valence-electron chi connectivity index (χ3n) is 4.75. The number of carbonyl (C=O) groups excluding carboxylic acids is 2. The Balaban J connectivity index is 1.32. The summed E-state index contributed by atoms with van der Waals surface area (Å²) in [5, 5.41) is 3.92. The molecule has 2 amide bonds. The van der Waals surface area contributed by atoms with Crippen LogP contribution >= 0.6 is 46.9 Å². The van der Waals surface area contributed by atoms with Crippen molar-refractivity contribution in [3.63, 3.8) is 0 Å². The minimum absolute atomic E-state index is 0.0544. The number of thiazole rings is 1. The molecule has 0 aliphatic carbocycles. The highest BCUT2D eigenvalue weighted by Gasteiger charge is 2.32. The van der Waals surface area contributed by atoms with Crippen LogP contribution in [0.1, 0.15) is 22.4 Å². The summed E-state index contributed by atoms with van der Waals surface area (Å²) in [6, 6.07) is 13.8. The Morgan fingerprint density at radius 2 is 1.97 bits per heavy atom. The third kappa shape index (κ3) is 5.86. The zero-order valence-corrected chi connectivity index (χ0v) is 20.3. The van der Waals surface area contributed by atoms with Crippen molar-refractivity contribution in [3.05, 3.63) is 86.5 Å². The molecule has 2 aromatic carbocycles. The van der Waals surface area contributed by atoms with Gasteiger partial charge < -0.3 is 5.32 Å². The summed E-state index contributed by atoms with van der Waals surface area (Å²) in [6.07, 6.45) is 3.86. The highest BCUT2D eigenvalue weighted by molar-refractivity contribution is 8.26. The van der Waals surface area contributed by atoms with Crippen LogP contribution in [0, 0.1) is 5.82 Å². The van der Waals surface area contributed by atoms with E-state index in [0.29, 0.717) is 31.4 Å². The molecule has 0 atom stereocenters. The van der Waals surface area contributed by atoms with Crippen LogP contribution in [0.4, 0.5) is 9.52 Å². The fraction of sp³-hybridized carbons (Fsp3) is 0.130. The Labute approximate surface area is 208 Å². The van der Waals surface area contributed by atoms with Gasteiger partial charge >= 0.3 is 0 Å². The van der Waals surface area contributed by atoms with Gasteiger partial charge in [0.2, 0.25) is 5.91 Å². The molecule has 5 nitrogen and oxygen atoms in total. The van der Waals surface area contributed by atoms with Crippen LogP contribution in [-0.2, 0) is 16.0 Å². The van der Waals surface area contributed by atoms with Crippen molar-refractivity contribution >= 4 is 74.3 Å². The summed E-state index contributed by atoms with van der Waals surface area (Å²) < 4.78 is 14.2. The molecule has 1 fully saturated rings. The van der Waals surface area contributed by atoms with Crippen LogP contribution in [0.3, 0.4) is 0 Å². The van der Waals surface area contributed by atoms with Crippen LogP contribution in [-0.4, -0.2) is 32.6 Å². The first-order valence-corrected chi connectivity index (χ1v) is 12.3. The number of benzene rings is 2. The van der Waals surface area contributed by atoms with E-state index in [1.54, 1.807) is 24.4 Å². The second-order valence-electron chi connectivity index (χ2n) is 7.05. The number of amides is 2. The monoisotopic (exact) mass is 517 g/mol. The van der Waals surface area contributed by atoms with Gasteiger partial charge in [0.15, 0.2) is 5.13 Å². The van der Waals surface area contributed by atoms with Crippen molar-refractivity contribution in [1.82, 2.24) is 9.88 Å². The van der Waals surface area contributed by atoms with E-state index in [4.69, 9.17) is 23.8 Å². The predicted octanol–water partition coefficient (Wildman–Crippen LogP) is 5.76. The van der Waals surface area contributed by atoms with Gasteiger partial charge in [-0.1, -0.05) is 72.0 Å². The largest absolute Gasteiger partial charge is 0.302 e. The molecule has 0 bridgehead atoms. The number of thioether (sulfide) groups is 1. The SMILES string of the molecule is O=C(CCN1C(=O)C(=Cc2ccccc2F)SC1=S)Nc1ncc(Cc2ccccc2Cl)s1. The molecule has 0 radical (unpaired) electrons. The minimum Gasteiger partial charge on any atom is -0.302 e. The topological polar surface area (TPSA) is 62.3 Å². The zero-order valence-electron chi connectivity index (χ0n) is 17.1. The number of hydrogen-bond acceptors (Lipinski definition) is 6. The van der Waals surface area contributed by atoms with Crippen molar-refractivity contribution in [2.24, 2.45) is 0 Å². The average molecular weight is 518 g/mol. The third-order valence-corrected chi connectivity index (χ3v) is 7.41. The molecule has 1 aliphatic heterocycles. The lowest BCUT2D eigenvalue weighted by molar-refractivity contribution is -0.122. The number of carbonyl (C=O) groups is 2. The number of thiocarbonyl (C=S) groups is 1. The molecule has 0 spiro atoms. The molecule has 1 aliphatic rings. The Morgan fingerprint density at radius 3 is 2.76 bits per heavy atom. The van der Waals surface area contributed by atoms with E-state index in [0.717, 1.165) is 22.2 Å². The molecule has 168 valence electrons. The van der Waals surface area contributed by atoms with Gasteiger partial charge in [-0.05, 0) is 23.8 Å². The zero-order chi connectivity index (χ0) is 23.4. The van der Waals surface area contributed by atoms with Gasteiger partial charge in [-0.3, -0.25) is 14.5 Å². The van der Waals surface area contributed by atoms with Gasteiger partial charge in [0.1, 0.15) is 10.1 Å². The maximum absolute atomic E-state index is 13.9. The molecule has 1 saturated heterocycles. The van der Waals surface area contributed by atoms with E-state index in [1.807, 2.05) is 24.3 Å². The molecule has 4 rings (SSSR count). The van der Waals surface area contributed by atoms with Crippen LogP contribution in [0.5, 0.6) is 0 Å². The van der Waals surface area contributed by atoms with Gasteiger partial charge in [0.05, 0.1) is 4.91 Å². The van der Waals surface area contributed by atoms with E-state index in [2.05, 4.69) is 10.3 Å². The minimum atomic E-state index is -0.417. The molecule has 0 saturated carbocycles. The predicted molar refractivity (Wildman–Crippen MR) is 136 cm³/mol. The van der Waals surface area contributed by atoms with Gasteiger partial charge in [-0.2, -0.15) is 0 Å². The average Bonchev–Trinajstić information content (AvgIpc) is 3.33. The van der Waals surface area contributed by atoms with Crippen LogP contribution in [0.15, 0.2) is 59.6 Å². The molecular weight excluding hydrogens is 501 g/mol. The summed E-state index contributed by atoms with van der Waals surface area (Å²) in [5.74, 6) is -1.03. The quantitative estimate of drug-likeness (QED) is 0.319. The summed E-state index contributed by atoms with van der Waals surface area (Å²) >= 11 is 14.0. The first kappa shape index (κ1) is 23.6. The second-order valence-corrected chi connectivity index (χ2v) is 10.3. The van der Waals surface area contributed by atoms with Crippen molar-refractivity contribution in [1.29, 1.82) is 0 Å². The molecule has 3 aromatic rings. The number of anilines is 1. The number of nitrogens with zero attached hydrogens (tertiary/aromatic N) is 2. The summed E-state index contributed by atoms with van der Waals surface area (Å²) in [6.45, 7) is 0.128. The molecule has 10 heteroatoms. The Hall–Kier alpha value is -2.59. The first-order valence-electron chi connectivity index (χ1n) is 9.88. The molecule has 1 aromatic heterocycles. The van der Waals surface area contributed by atoms with Gasteiger partial charge in [0.25, 0.3) is 5.91 Å². The number of rotatable bonds is 7. The maximum atomic E-state index is 13.9. The van der Waals surface area contributed by atoms with E-state index in [9.17, 15) is 14.0 Å². The summed E-state index contributed by atoms with van der Waals surface area (Å²) in [4.78, 5) is 32.0. The highest BCUT2D eigenvalue weighted by atomic mass is 35.5. The standard InChI is InChI=1S/C23H17ClFN3O2S3/c24-17-7-3-1-5-14(17)11-16-13-26-22(32-16)27-20(29)9-10-28-21(30)19(33-23(28)31)12-15-6-2-4-8-18(15)25/h1-8,12-13H,9-11H2,(H,26,27,29). The van der Waals surface area contributed by atoms with E-state index >= 15 is 0 Å². The molecular formula is C23H17ClFN3O2S3. The van der Waals surface area contributed by atoms with Crippen molar-refractivity contribution < 1.29 is 14.0 Å². The van der Waals surface area contributed by atoms with Gasteiger partial charge in [0, 0.05) is 41.0 Å². The second kappa shape index (κ2) is 10.6. The molecule has 0 unspecified atom stereocenters. The van der Waals surface area contributed by atoms with E-state index < -0.39 is 5.82 Å². The van der Waals surface area contributed by atoms with Crippen molar-refractivity contribution in [2.45, 2.75) is 12.8 Å². The number of halogens is 2. The maximum Gasteiger partial charge on any atom is 0.266 e. The summed E-state index contributed by atoms with van der Waals surface area (Å²) in [7, 11) is 0. The number of hydrogen-bond donors (Lipinski definition) is 1. The van der Waals surface area contributed by atoms with E-state index in [-0.39, 0.29) is 24.8 Å². The first-order chi connectivity index (χ1) is 15.9. The van der Waals surface area contributed by atoms with Crippen molar-refractivity contribution in [3.8, 4) is 0 Å². The fourth-order valence-corrected chi connectivity index (χ4v) is 5.45. The lowest BCUT2D eigenvalue weighted by atomic mass is 10.1. The van der Waals surface area contributed by atoms with Gasteiger partial charge in [-0.25, -0.2) is 9.37 Å². The normalized spacial score (nSPS) is 14.8. The van der Waals surface area contributed by atoms with E-state index in [1.165, 1.54) is 28.4 Å². The van der Waals surface area contributed by atoms with Crippen molar-refractivity contribution in [2.75, 3.05) is 11.9 Å². The van der Waals surface area contributed by atoms with Crippen LogP contribution in [0.25, 0.3) is 6.08 Å². The Morgan fingerprint density at radius 1 is 1.21 bits per heavy atom. The molecule has 2 heterocycles. The lowest BCUT2D eigenvalue weighted by Crippen LogP contribution is -2.31. The highest BCUT2D eigenvalue weighted by Crippen LogP contribution is 2.33. The van der Waals surface area contributed by atoms with Crippen LogP contribution in [0.2, 0.25) is 5.02 Å². The Bertz CT molecular complexity index is 1260. The Kier molecular flexibility index (Phi) is 7.54. The van der Waals surface area contributed by atoms with Crippen LogP contribution < -0.4 is 5.32 Å². The number of aromatic nitrogens is 1.